The quantitative estimate of drug-likeness (QED) is 0.763. The average molecular weight is 307 g/mol. The summed E-state index contributed by atoms with van der Waals surface area (Å²) in [4.78, 5) is 2.54. The highest BCUT2D eigenvalue weighted by atomic mass is 16.5. The fourth-order valence-corrected chi connectivity index (χ4v) is 3.61. The van der Waals surface area contributed by atoms with E-state index in [0.29, 0.717) is 0 Å². The van der Waals surface area contributed by atoms with Crippen molar-refractivity contribution in [3.63, 3.8) is 0 Å². The van der Waals surface area contributed by atoms with Crippen molar-refractivity contribution in [1.29, 1.82) is 0 Å². The predicted octanol–water partition coefficient (Wildman–Crippen LogP) is 4.81. The molecule has 0 spiro atoms. The molecule has 0 atom stereocenters. The molecule has 2 aliphatic rings. The summed E-state index contributed by atoms with van der Waals surface area (Å²) in [5.74, 6) is 0.835. The smallest absolute Gasteiger partial charge is 0.119 e. The van der Waals surface area contributed by atoms with Gasteiger partial charge in [0.2, 0.25) is 0 Å². The number of aryl methyl sites for hydroxylation is 2. The van der Waals surface area contributed by atoms with E-state index < -0.39 is 0 Å². The van der Waals surface area contributed by atoms with E-state index in [0.717, 1.165) is 30.0 Å². The van der Waals surface area contributed by atoms with Crippen LogP contribution in [-0.2, 0) is 12.8 Å². The van der Waals surface area contributed by atoms with E-state index in [1.165, 1.54) is 42.7 Å². The van der Waals surface area contributed by atoms with Crippen molar-refractivity contribution in [1.82, 2.24) is 0 Å². The molecule has 0 unspecified atom stereocenters. The third-order valence-corrected chi connectivity index (χ3v) is 4.67. The van der Waals surface area contributed by atoms with E-state index in [9.17, 15) is 0 Å². The number of hydrogen-bond donors (Lipinski definition) is 0. The number of methoxy groups -OCH3 is 1. The minimum Gasteiger partial charge on any atom is -0.497 e. The zero-order valence-electron chi connectivity index (χ0n) is 13.5. The Labute approximate surface area is 136 Å². The van der Waals surface area contributed by atoms with Gasteiger partial charge in [-0.05, 0) is 73.2 Å². The average Bonchev–Trinajstić information content (AvgIpc) is 2.61. The lowest BCUT2D eigenvalue weighted by atomic mass is 9.91. The minimum absolute atomic E-state index is 0.835. The van der Waals surface area contributed by atoms with E-state index in [2.05, 4.69) is 27.3 Å². The first-order valence-electron chi connectivity index (χ1n) is 8.30. The summed E-state index contributed by atoms with van der Waals surface area (Å²) in [7, 11) is 1.67. The first kappa shape index (κ1) is 14.2. The maximum Gasteiger partial charge on any atom is 0.119 e. The molecule has 2 aromatic carbocycles. The van der Waals surface area contributed by atoms with Crippen LogP contribution in [0.2, 0.25) is 0 Å². The molecular formula is C19H21N3O. The zero-order valence-corrected chi connectivity index (χ0v) is 13.5. The van der Waals surface area contributed by atoms with Crippen molar-refractivity contribution < 1.29 is 4.74 Å². The molecule has 0 bridgehead atoms. The summed E-state index contributed by atoms with van der Waals surface area (Å²) in [5, 5.41) is 8.83. The summed E-state index contributed by atoms with van der Waals surface area (Å²) >= 11 is 0. The second kappa shape index (κ2) is 6.03. The molecule has 0 radical (unpaired) electrons. The molecule has 0 aromatic heterocycles. The van der Waals surface area contributed by atoms with Gasteiger partial charge in [-0.1, -0.05) is 0 Å². The number of nitrogens with zero attached hydrogens (tertiary/aromatic N) is 3. The fourth-order valence-electron chi connectivity index (χ4n) is 3.61. The van der Waals surface area contributed by atoms with Crippen molar-refractivity contribution in [2.75, 3.05) is 25.1 Å². The van der Waals surface area contributed by atoms with Crippen LogP contribution in [0.15, 0.2) is 46.6 Å². The van der Waals surface area contributed by atoms with E-state index >= 15 is 0 Å². The molecule has 0 amide bonds. The maximum atomic E-state index is 5.16. The molecule has 0 saturated heterocycles. The number of hydrogen-bond acceptors (Lipinski definition) is 4. The van der Waals surface area contributed by atoms with E-state index in [1.807, 2.05) is 24.3 Å². The number of benzene rings is 2. The molecule has 118 valence electrons. The number of azo groups is 1. The van der Waals surface area contributed by atoms with Crippen molar-refractivity contribution in [3.05, 3.63) is 47.5 Å². The Balaban J connectivity index is 1.63. The third-order valence-electron chi connectivity index (χ3n) is 4.67. The van der Waals surface area contributed by atoms with Crippen molar-refractivity contribution in [3.8, 4) is 5.75 Å². The lowest BCUT2D eigenvalue weighted by Gasteiger charge is -2.36. The summed E-state index contributed by atoms with van der Waals surface area (Å²) in [6.07, 6.45) is 4.80. The monoisotopic (exact) mass is 307 g/mol. The summed E-state index contributed by atoms with van der Waals surface area (Å²) in [5.41, 5.74) is 6.18. The van der Waals surface area contributed by atoms with Gasteiger partial charge in [-0.2, -0.15) is 10.2 Å². The first-order chi connectivity index (χ1) is 11.3. The van der Waals surface area contributed by atoms with Crippen molar-refractivity contribution >= 4 is 17.1 Å². The molecule has 2 heterocycles. The van der Waals surface area contributed by atoms with Crippen LogP contribution in [0.3, 0.4) is 0 Å². The van der Waals surface area contributed by atoms with Crippen molar-refractivity contribution in [2.45, 2.75) is 25.7 Å². The molecule has 4 nitrogen and oxygen atoms in total. The fraction of sp³-hybridized carbons (Fsp3) is 0.368. The molecule has 4 rings (SSSR count). The van der Waals surface area contributed by atoms with Gasteiger partial charge in [0, 0.05) is 18.8 Å². The lowest BCUT2D eigenvalue weighted by Crippen LogP contribution is -2.34. The first-order valence-corrected chi connectivity index (χ1v) is 8.30. The number of anilines is 1. The summed E-state index contributed by atoms with van der Waals surface area (Å²) < 4.78 is 5.16. The van der Waals surface area contributed by atoms with Gasteiger partial charge in [0.1, 0.15) is 5.75 Å². The van der Waals surface area contributed by atoms with E-state index in [-0.39, 0.29) is 0 Å². The highest BCUT2D eigenvalue weighted by molar-refractivity contribution is 5.67. The van der Waals surface area contributed by atoms with Gasteiger partial charge in [0.15, 0.2) is 0 Å². The molecule has 4 heteroatoms. The van der Waals surface area contributed by atoms with Crippen molar-refractivity contribution in [2.24, 2.45) is 10.2 Å². The maximum absolute atomic E-state index is 5.16. The van der Waals surface area contributed by atoms with Crippen LogP contribution in [0.5, 0.6) is 5.75 Å². The molecule has 0 fully saturated rings. The largest absolute Gasteiger partial charge is 0.497 e. The molecular weight excluding hydrogens is 286 g/mol. The van der Waals surface area contributed by atoms with Gasteiger partial charge in [-0.3, -0.25) is 0 Å². The lowest BCUT2D eigenvalue weighted by molar-refractivity contribution is 0.415. The van der Waals surface area contributed by atoms with Crippen LogP contribution >= 0.6 is 0 Å². The van der Waals surface area contributed by atoms with Crippen LogP contribution in [0, 0.1) is 0 Å². The van der Waals surface area contributed by atoms with Gasteiger partial charge in [0.05, 0.1) is 18.5 Å². The van der Waals surface area contributed by atoms with Gasteiger partial charge >= 0.3 is 0 Å². The van der Waals surface area contributed by atoms with Gasteiger partial charge < -0.3 is 9.64 Å². The molecule has 2 aliphatic heterocycles. The Morgan fingerprint density at radius 3 is 2.09 bits per heavy atom. The van der Waals surface area contributed by atoms with Crippen LogP contribution < -0.4 is 9.64 Å². The molecule has 0 N–H and O–H groups in total. The minimum atomic E-state index is 0.835. The highest BCUT2D eigenvalue weighted by Crippen LogP contribution is 2.38. The van der Waals surface area contributed by atoms with Crippen LogP contribution in [0.25, 0.3) is 0 Å². The summed E-state index contributed by atoms with van der Waals surface area (Å²) in [6.45, 7) is 2.40. The zero-order chi connectivity index (χ0) is 15.6. The molecule has 2 aromatic rings. The third kappa shape index (κ3) is 2.81. The Morgan fingerprint density at radius 1 is 0.870 bits per heavy atom. The van der Waals surface area contributed by atoms with Crippen LogP contribution in [0.4, 0.5) is 17.1 Å². The highest BCUT2D eigenvalue weighted by Gasteiger charge is 2.24. The second-order valence-electron chi connectivity index (χ2n) is 6.20. The van der Waals surface area contributed by atoms with Crippen LogP contribution in [-0.4, -0.2) is 20.2 Å². The Kier molecular flexibility index (Phi) is 3.74. The molecule has 23 heavy (non-hydrogen) atoms. The summed E-state index contributed by atoms with van der Waals surface area (Å²) in [6, 6.07) is 12.1. The van der Waals surface area contributed by atoms with Gasteiger partial charge in [0.25, 0.3) is 0 Å². The van der Waals surface area contributed by atoms with Gasteiger partial charge in [-0.25, -0.2) is 0 Å². The normalized spacial score (nSPS) is 16.5. The van der Waals surface area contributed by atoms with Crippen LogP contribution in [0.1, 0.15) is 24.0 Å². The van der Waals surface area contributed by atoms with E-state index in [4.69, 9.17) is 4.74 Å². The standard InChI is InChI=1S/C19H21N3O/c1-23-18-8-6-16(7-9-18)20-21-17-12-14-4-2-10-22-11-3-5-15(13-17)19(14)22/h6-9,12-13H,2-5,10-11H2,1H3. The number of ether oxygens (including phenoxy) is 1. The van der Waals surface area contributed by atoms with Gasteiger partial charge in [-0.15, -0.1) is 0 Å². The number of rotatable bonds is 3. The predicted molar refractivity (Wildman–Crippen MR) is 92.5 cm³/mol. The topological polar surface area (TPSA) is 37.2 Å². The molecule has 0 aliphatic carbocycles. The van der Waals surface area contributed by atoms with E-state index in [1.54, 1.807) is 7.11 Å². The Bertz CT molecular complexity index is 706. The molecule has 0 saturated carbocycles. The Hall–Kier alpha value is -2.36. The second-order valence-corrected chi connectivity index (χ2v) is 6.20. The SMILES string of the molecule is COc1ccc(N=Nc2cc3c4c(c2)CCCN4CCC3)cc1. The Morgan fingerprint density at radius 2 is 1.48 bits per heavy atom.